The Morgan fingerprint density at radius 3 is 2.70 bits per heavy atom. The number of nitrogens with zero attached hydrogens (tertiary/aromatic N) is 1. The van der Waals surface area contributed by atoms with E-state index in [9.17, 15) is 10.1 Å². The number of nitro benzene ring substituents is 1. The fraction of sp³-hybridized carbons (Fsp3) is 0.600. The van der Waals surface area contributed by atoms with Crippen LogP contribution in [0.15, 0.2) is 18.2 Å². The number of anilines is 1. The number of hydrogen-bond acceptors (Lipinski definition) is 4. The van der Waals surface area contributed by atoms with E-state index in [1.807, 2.05) is 13.0 Å². The van der Waals surface area contributed by atoms with E-state index in [1.165, 1.54) is 25.3 Å². The third-order valence-corrected chi connectivity index (χ3v) is 3.55. The third kappa shape index (κ3) is 4.11. The summed E-state index contributed by atoms with van der Waals surface area (Å²) >= 11 is 0. The van der Waals surface area contributed by atoms with Crippen molar-refractivity contribution in [2.45, 2.75) is 51.5 Å². The fourth-order valence-corrected chi connectivity index (χ4v) is 2.56. The minimum atomic E-state index is -0.370. The summed E-state index contributed by atoms with van der Waals surface area (Å²) < 4.78 is 5.53. The van der Waals surface area contributed by atoms with Crippen molar-refractivity contribution in [3.8, 4) is 5.75 Å². The van der Waals surface area contributed by atoms with Crippen LogP contribution in [0.3, 0.4) is 0 Å². The predicted octanol–water partition coefficient (Wildman–Crippen LogP) is 4.13. The first kappa shape index (κ1) is 14.6. The first-order chi connectivity index (χ1) is 9.69. The summed E-state index contributed by atoms with van der Waals surface area (Å²) in [5, 5.41) is 14.4. The zero-order valence-electron chi connectivity index (χ0n) is 11.9. The van der Waals surface area contributed by atoms with Crippen molar-refractivity contribution < 1.29 is 9.66 Å². The number of rotatable bonds is 6. The zero-order chi connectivity index (χ0) is 14.4. The molecule has 1 N–H and O–H groups in total. The van der Waals surface area contributed by atoms with Crippen LogP contribution in [-0.2, 0) is 0 Å². The molecule has 2 rings (SSSR count). The highest BCUT2D eigenvalue weighted by Crippen LogP contribution is 2.28. The Morgan fingerprint density at radius 1 is 1.30 bits per heavy atom. The topological polar surface area (TPSA) is 64.4 Å². The molecule has 0 atom stereocenters. The Balaban J connectivity index is 2.12. The Labute approximate surface area is 119 Å². The van der Waals surface area contributed by atoms with E-state index in [4.69, 9.17) is 4.74 Å². The smallest absolute Gasteiger partial charge is 0.275 e. The molecule has 1 aromatic rings. The Bertz CT molecular complexity index is 456. The lowest BCUT2D eigenvalue weighted by molar-refractivity contribution is -0.384. The summed E-state index contributed by atoms with van der Waals surface area (Å²) in [6, 6.07) is 5.36. The third-order valence-electron chi connectivity index (χ3n) is 3.55. The van der Waals surface area contributed by atoms with Crippen molar-refractivity contribution in [2.75, 3.05) is 11.9 Å². The maximum Gasteiger partial charge on any atom is 0.275 e. The monoisotopic (exact) mass is 278 g/mol. The van der Waals surface area contributed by atoms with Crippen LogP contribution in [0, 0.1) is 10.1 Å². The Kier molecular flexibility index (Phi) is 5.21. The average molecular weight is 278 g/mol. The number of nitrogens with one attached hydrogen (secondary N) is 1. The van der Waals surface area contributed by atoms with Gasteiger partial charge >= 0.3 is 0 Å². The quantitative estimate of drug-likeness (QED) is 0.627. The van der Waals surface area contributed by atoms with Crippen LogP contribution in [0.5, 0.6) is 5.75 Å². The lowest BCUT2D eigenvalue weighted by Gasteiger charge is -2.24. The molecule has 110 valence electrons. The molecule has 0 unspecified atom stereocenters. The van der Waals surface area contributed by atoms with Crippen LogP contribution in [0.25, 0.3) is 0 Å². The molecule has 5 nitrogen and oxygen atoms in total. The molecule has 0 radical (unpaired) electrons. The van der Waals surface area contributed by atoms with Gasteiger partial charge in [-0.2, -0.15) is 0 Å². The highest BCUT2D eigenvalue weighted by Gasteiger charge is 2.16. The summed E-state index contributed by atoms with van der Waals surface area (Å²) in [6.07, 6.45) is 6.89. The second-order valence-electron chi connectivity index (χ2n) is 5.30. The highest BCUT2D eigenvalue weighted by atomic mass is 16.6. The first-order valence-electron chi connectivity index (χ1n) is 7.38. The van der Waals surface area contributed by atoms with Gasteiger partial charge in [0.25, 0.3) is 5.69 Å². The highest BCUT2D eigenvalue weighted by molar-refractivity contribution is 5.56. The van der Waals surface area contributed by atoms with E-state index < -0.39 is 0 Å². The van der Waals surface area contributed by atoms with Gasteiger partial charge in [-0.1, -0.05) is 26.2 Å². The van der Waals surface area contributed by atoms with E-state index in [0.717, 1.165) is 24.9 Å². The van der Waals surface area contributed by atoms with Gasteiger partial charge in [0, 0.05) is 23.9 Å². The number of ether oxygens (including phenoxy) is 1. The van der Waals surface area contributed by atoms with Gasteiger partial charge in [0.05, 0.1) is 17.6 Å². The summed E-state index contributed by atoms with van der Waals surface area (Å²) in [5.41, 5.74) is 0.870. The summed E-state index contributed by atoms with van der Waals surface area (Å²) in [6.45, 7) is 2.59. The molecule has 1 aromatic carbocycles. The molecule has 1 fully saturated rings. The van der Waals surface area contributed by atoms with E-state index in [-0.39, 0.29) is 10.6 Å². The molecule has 1 aliphatic carbocycles. The van der Waals surface area contributed by atoms with Crippen molar-refractivity contribution in [3.05, 3.63) is 28.3 Å². The van der Waals surface area contributed by atoms with Crippen molar-refractivity contribution in [3.63, 3.8) is 0 Å². The number of nitro groups is 1. The van der Waals surface area contributed by atoms with Gasteiger partial charge in [-0.15, -0.1) is 0 Å². The van der Waals surface area contributed by atoms with E-state index in [0.29, 0.717) is 18.4 Å². The maximum absolute atomic E-state index is 11.0. The molecule has 1 saturated carbocycles. The Morgan fingerprint density at radius 2 is 2.05 bits per heavy atom. The molecule has 20 heavy (non-hydrogen) atoms. The fourth-order valence-electron chi connectivity index (χ4n) is 2.56. The lowest BCUT2D eigenvalue weighted by Crippen LogP contribution is -2.22. The molecule has 0 heterocycles. The second kappa shape index (κ2) is 7.12. The molecule has 0 amide bonds. The van der Waals surface area contributed by atoms with Crippen LogP contribution in [-0.4, -0.2) is 17.6 Å². The van der Waals surface area contributed by atoms with Crippen LogP contribution >= 0.6 is 0 Å². The van der Waals surface area contributed by atoms with Gasteiger partial charge in [-0.3, -0.25) is 10.1 Å². The standard InChI is InChI=1S/C15H22N2O3/c1-2-8-20-15-10-13(9-14(11-15)17(18)19)16-12-6-4-3-5-7-12/h9-12,16H,2-8H2,1H3. The number of benzene rings is 1. The lowest BCUT2D eigenvalue weighted by atomic mass is 9.95. The van der Waals surface area contributed by atoms with Crippen molar-refractivity contribution in [2.24, 2.45) is 0 Å². The number of non-ortho nitro benzene ring substituents is 1. The van der Waals surface area contributed by atoms with Gasteiger partial charge in [-0.05, 0) is 19.3 Å². The Hall–Kier alpha value is -1.78. The molecule has 0 bridgehead atoms. The molecular formula is C15H22N2O3. The summed E-state index contributed by atoms with van der Waals surface area (Å²) in [5.74, 6) is 0.569. The van der Waals surface area contributed by atoms with E-state index >= 15 is 0 Å². The number of hydrogen-bond donors (Lipinski definition) is 1. The average Bonchev–Trinajstić information content (AvgIpc) is 2.46. The van der Waals surface area contributed by atoms with Crippen LogP contribution in [0.4, 0.5) is 11.4 Å². The van der Waals surface area contributed by atoms with Crippen molar-refractivity contribution in [1.29, 1.82) is 0 Å². The van der Waals surface area contributed by atoms with Gasteiger partial charge in [0.2, 0.25) is 0 Å². The first-order valence-corrected chi connectivity index (χ1v) is 7.38. The normalized spacial score (nSPS) is 15.8. The summed E-state index contributed by atoms with van der Waals surface area (Å²) in [7, 11) is 0. The minimum absolute atomic E-state index is 0.0805. The van der Waals surface area contributed by atoms with Gasteiger partial charge in [0.1, 0.15) is 5.75 Å². The second-order valence-corrected chi connectivity index (χ2v) is 5.30. The summed E-state index contributed by atoms with van der Waals surface area (Å²) in [4.78, 5) is 10.6. The molecule has 5 heteroatoms. The van der Waals surface area contributed by atoms with Gasteiger partial charge in [0.15, 0.2) is 0 Å². The molecule has 0 spiro atoms. The maximum atomic E-state index is 11.0. The predicted molar refractivity (Wildman–Crippen MR) is 79.4 cm³/mol. The van der Waals surface area contributed by atoms with Crippen LogP contribution in [0.2, 0.25) is 0 Å². The van der Waals surface area contributed by atoms with Gasteiger partial charge in [-0.25, -0.2) is 0 Å². The van der Waals surface area contributed by atoms with Crippen LogP contribution < -0.4 is 10.1 Å². The largest absolute Gasteiger partial charge is 0.493 e. The van der Waals surface area contributed by atoms with E-state index in [2.05, 4.69) is 5.32 Å². The molecular weight excluding hydrogens is 256 g/mol. The zero-order valence-corrected chi connectivity index (χ0v) is 11.9. The molecule has 0 aliphatic heterocycles. The minimum Gasteiger partial charge on any atom is -0.493 e. The molecule has 1 aliphatic rings. The van der Waals surface area contributed by atoms with Crippen molar-refractivity contribution in [1.82, 2.24) is 0 Å². The van der Waals surface area contributed by atoms with Gasteiger partial charge < -0.3 is 10.1 Å². The SMILES string of the molecule is CCCOc1cc(NC2CCCCC2)cc([N+](=O)[O-])c1. The molecule has 0 aromatic heterocycles. The van der Waals surface area contributed by atoms with E-state index in [1.54, 1.807) is 6.07 Å². The molecule has 0 saturated heterocycles. The van der Waals surface area contributed by atoms with Crippen molar-refractivity contribution >= 4 is 11.4 Å². The van der Waals surface area contributed by atoms with Crippen LogP contribution in [0.1, 0.15) is 45.4 Å².